The highest BCUT2D eigenvalue weighted by molar-refractivity contribution is 5.35. The first-order valence-corrected chi connectivity index (χ1v) is 8.00. The molecular formula is C18H29N. The molecule has 1 nitrogen and oxygen atoms in total. The first-order chi connectivity index (χ1) is 9.21. The van der Waals surface area contributed by atoms with E-state index in [1.165, 1.54) is 30.4 Å². The summed E-state index contributed by atoms with van der Waals surface area (Å²) >= 11 is 0. The third-order valence-electron chi connectivity index (χ3n) is 5.00. The molecular weight excluding hydrogens is 230 g/mol. The molecule has 0 heterocycles. The molecule has 0 saturated heterocycles. The van der Waals surface area contributed by atoms with Crippen LogP contribution in [0.3, 0.4) is 0 Å². The van der Waals surface area contributed by atoms with Gasteiger partial charge in [-0.25, -0.2) is 0 Å². The molecule has 1 saturated carbocycles. The summed E-state index contributed by atoms with van der Waals surface area (Å²) in [6.45, 7) is 6.95. The maximum atomic E-state index is 3.62. The van der Waals surface area contributed by atoms with Gasteiger partial charge in [-0.3, -0.25) is 0 Å². The van der Waals surface area contributed by atoms with E-state index in [-0.39, 0.29) is 0 Å². The minimum atomic E-state index is 0.541. The van der Waals surface area contributed by atoms with E-state index in [0.29, 0.717) is 6.04 Å². The molecule has 0 aromatic heterocycles. The van der Waals surface area contributed by atoms with Gasteiger partial charge in [-0.15, -0.1) is 0 Å². The third kappa shape index (κ3) is 3.02. The number of hydrogen-bond acceptors (Lipinski definition) is 1. The summed E-state index contributed by atoms with van der Waals surface area (Å²) in [5.41, 5.74) is 4.55. The average Bonchev–Trinajstić information content (AvgIpc) is 2.86. The van der Waals surface area contributed by atoms with Gasteiger partial charge in [-0.05, 0) is 54.8 Å². The van der Waals surface area contributed by atoms with Crippen molar-refractivity contribution in [3.63, 3.8) is 0 Å². The molecule has 1 aliphatic carbocycles. The van der Waals surface area contributed by atoms with Gasteiger partial charge in [0.15, 0.2) is 0 Å². The summed E-state index contributed by atoms with van der Waals surface area (Å²) < 4.78 is 0. The lowest BCUT2D eigenvalue weighted by Gasteiger charge is -2.29. The first-order valence-electron chi connectivity index (χ1n) is 8.00. The highest BCUT2D eigenvalue weighted by atomic mass is 14.9. The van der Waals surface area contributed by atoms with Crippen molar-refractivity contribution in [1.29, 1.82) is 0 Å². The van der Waals surface area contributed by atoms with Crippen molar-refractivity contribution in [2.45, 2.75) is 58.9 Å². The second-order valence-electron chi connectivity index (χ2n) is 6.08. The van der Waals surface area contributed by atoms with E-state index in [2.05, 4.69) is 51.3 Å². The molecule has 3 atom stereocenters. The van der Waals surface area contributed by atoms with E-state index in [1.807, 2.05) is 0 Å². The van der Waals surface area contributed by atoms with Gasteiger partial charge in [0.1, 0.15) is 0 Å². The molecule has 1 fully saturated rings. The zero-order valence-corrected chi connectivity index (χ0v) is 13.0. The van der Waals surface area contributed by atoms with E-state index >= 15 is 0 Å². The maximum absolute atomic E-state index is 3.62. The minimum absolute atomic E-state index is 0.541. The van der Waals surface area contributed by atoms with Gasteiger partial charge in [-0.1, -0.05) is 51.8 Å². The fraction of sp³-hybridized carbons (Fsp3) is 0.667. The molecule has 0 bridgehead atoms. The van der Waals surface area contributed by atoms with Gasteiger partial charge in [-0.2, -0.15) is 0 Å². The van der Waals surface area contributed by atoms with Gasteiger partial charge in [0.2, 0.25) is 0 Å². The Labute approximate surface area is 118 Å². The lowest BCUT2D eigenvalue weighted by atomic mass is 9.83. The molecule has 1 aromatic rings. The Morgan fingerprint density at radius 2 is 2.00 bits per heavy atom. The highest BCUT2D eigenvalue weighted by Gasteiger charge is 2.31. The SMILES string of the molecule is CCc1ccc(CC)c(C(NC)C2CCCC2C)c1. The van der Waals surface area contributed by atoms with Crippen LogP contribution in [0.4, 0.5) is 0 Å². The molecule has 1 aliphatic rings. The predicted molar refractivity (Wildman–Crippen MR) is 83.5 cm³/mol. The Kier molecular flexibility index (Phi) is 5.04. The fourth-order valence-electron chi connectivity index (χ4n) is 3.75. The number of nitrogens with one attached hydrogen (secondary N) is 1. The van der Waals surface area contributed by atoms with Crippen molar-refractivity contribution >= 4 is 0 Å². The van der Waals surface area contributed by atoms with Crippen molar-refractivity contribution in [3.8, 4) is 0 Å². The number of benzene rings is 1. The average molecular weight is 259 g/mol. The Bertz CT molecular complexity index is 410. The molecule has 1 N–H and O–H groups in total. The second kappa shape index (κ2) is 6.56. The monoisotopic (exact) mass is 259 g/mol. The fourth-order valence-corrected chi connectivity index (χ4v) is 3.75. The second-order valence-corrected chi connectivity index (χ2v) is 6.08. The molecule has 0 amide bonds. The summed E-state index contributed by atoms with van der Waals surface area (Å²) in [5.74, 6) is 1.66. The smallest absolute Gasteiger partial charge is 0.0351 e. The molecule has 19 heavy (non-hydrogen) atoms. The van der Waals surface area contributed by atoms with Crippen LogP contribution in [0, 0.1) is 11.8 Å². The van der Waals surface area contributed by atoms with E-state index in [9.17, 15) is 0 Å². The Balaban J connectivity index is 2.35. The van der Waals surface area contributed by atoms with Gasteiger partial charge >= 0.3 is 0 Å². The standard InChI is InChI=1S/C18H29N/c1-5-14-10-11-15(6-2)17(12-14)18(19-4)16-9-7-8-13(16)3/h10-13,16,18-19H,5-9H2,1-4H3. The van der Waals surface area contributed by atoms with E-state index in [1.54, 1.807) is 5.56 Å². The third-order valence-corrected chi connectivity index (χ3v) is 5.00. The van der Waals surface area contributed by atoms with Crippen LogP contribution in [0.5, 0.6) is 0 Å². The number of rotatable bonds is 5. The zero-order chi connectivity index (χ0) is 13.8. The molecule has 2 rings (SSSR count). The number of hydrogen-bond donors (Lipinski definition) is 1. The van der Waals surface area contributed by atoms with Crippen LogP contribution in [0.1, 0.15) is 62.8 Å². The summed E-state index contributed by atoms with van der Waals surface area (Å²) in [4.78, 5) is 0. The van der Waals surface area contributed by atoms with Crippen molar-refractivity contribution in [3.05, 3.63) is 34.9 Å². The highest BCUT2D eigenvalue weighted by Crippen LogP contribution is 2.41. The Morgan fingerprint density at radius 3 is 2.53 bits per heavy atom. The van der Waals surface area contributed by atoms with E-state index in [0.717, 1.165) is 24.7 Å². The lowest BCUT2D eigenvalue weighted by molar-refractivity contribution is 0.314. The molecule has 0 radical (unpaired) electrons. The van der Waals surface area contributed by atoms with Crippen molar-refractivity contribution in [2.24, 2.45) is 11.8 Å². The van der Waals surface area contributed by atoms with Gasteiger partial charge in [0.05, 0.1) is 0 Å². The van der Waals surface area contributed by atoms with Gasteiger partial charge < -0.3 is 5.32 Å². The van der Waals surface area contributed by atoms with Crippen molar-refractivity contribution in [1.82, 2.24) is 5.32 Å². The van der Waals surface area contributed by atoms with Gasteiger partial charge in [0, 0.05) is 6.04 Å². The van der Waals surface area contributed by atoms with Crippen LogP contribution in [0.2, 0.25) is 0 Å². The predicted octanol–water partition coefficient (Wildman–Crippen LogP) is 4.51. The summed E-state index contributed by atoms with van der Waals surface area (Å²) in [6.07, 6.45) is 6.45. The first kappa shape index (κ1) is 14.6. The van der Waals surface area contributed by atoms with Crippen LogP contribution < -0.4 is 5.32 Å². The molecule has 1 heteroatoms. The lowest BCUT2D eigenvalue weighted by Crippen LogP contribution is -2.28. The molecule has 0 aliphatic heterocycles. The summed E-state index contributed by atoms with van der Waals surface area (Å²) in [6, 6.07) is 7.63. The number of aryl methyl sites for hydroxylation is 2. The summed E-state index contributed by atoms with van der Waals surface area (Å²) in [5, 5.41) is 3.62. The van der Waals surface area contributed by atoms with Crippen LogP contribution in [0.15, 0.2) is 18.2 Å². The van der Waals surface area contributed by atoms with Gasteiger partial charge in [0.25, 0.3) is 0 Å². The minimum Gasteiger partial charge on any atom is -0.313 e. The van der Waals surface area contributed by atoms with E-state index in [4.69, 9.17) is 0 Å². The quantitative estimate of drug-likeness (QED) is 0.820. The topological polar surface area (TPSA) is 12.0 Å². The van der Waals surface area contributed by atoms with Crippen molar-refractivity contribution < 1.29 is 0 Å². The largest absolute Gasteiger partial charge is 0.313 e. The zero-order valence-electron chi connectivity index (χ0n) is 13.0. The Hall–Kier alpha value is -0.820. The van der Waals surface area contributed by atoms with Crippen molar-refractivity contribution in [2.75, 3.05) is 7.05 Å². The van der Waals surface area contributed by atoms with Crippen LogP contribution in [0.25, 0.3) is 0 Å². The summed E-state index contributed by atoms with van der Waals surface area (Å²) in [7, 11) is 2.13. The molecule has 3 unspecified atom stereocenters. The molecule has 0 spiro atoms. The van der Waals surface area contributed by atoms with Crippen LogP contribution in [-0.4, -0.2) is 7.05 Å². The van der Waals surface area contributed by atoms with Crippen LogP contribution in [-0.2, 0) is 12.8 Å². The molecule has 1 aromatic carbocycles. The normalized spacial score (nSPS) is 24.6. The van der Waals surface area contributed by atoms with E-state index < -0.39 is 0 Å². The van der Waals surface area contributed by atoms with Crippen LogP contribution >= 0.6 is 0 Å². The molecule has 106 valence electrons. The Morgan fingerprint density at radius 1 is 1.21 bits per heavy atom. The maximum Gasteiger partial charge on any atom is 0.0351 e.